The van der Waals surface area contributed by atoms with Crippen LogP contribution >= 0.6 is 0 Å². The Morgan fingerprint density at radius 1 is 1.50 bits per heavy atom. The molecule has 120 valence electrons. The normalized spacial score (nSPS) is 36.5. The zero-order valence-corrected chi connectivity index (χ0v) is 12.3. The number of nitrogens with one attached hydrogen (secondary N) is 1. The number of rotatable bonds is 5. The number of nitrogens with zero attached hydrogens (tertiary/aromatic N) is 2. The molecule has 7 heteroatoms. The fraction of sp³-hybridized carbons (Fsp3) is 0.733. The molecule has 2 heterocycles. The Morgan fingerprint density at radius 3 is 2.91 bits per heavy atom. The van der Waals surface area contributed by atoms with Crippen LogP contribution in [0.15, 0.2) is 10.6 Å². The van der Waals surface area contributed by atoms with Crippen LogP contribution in [0.2, 0.25) is 0 Å². The number of hydrogen-bond acceptors (Lipinski definition) is 4. The lowest BCUT2D eigenvalue weighted by Crippen LogP contribution is -2.40. The molecule has 0 bridgehead atoms. The van der Waals surface area contributed by atoms with Crippen molar-refractivity contribution in [2.75, 3.05) is 19.6 Å². The molecule has 1 amide bonds. The van der Waals surface area contributed by atoms with Gasteiger partial charge in [0.25, 0.3) is 12.3 Å². The number of likely N-dealkylation sites (tertiary alicyclic amines) is 1. The lowest BCUT2D eigenvalue weighted by Gasteiger charge is -2.16. The van der Waals surface area contributed by atoms with Gasteiger partial charge in [-0.15, -0.1) is 0 Å². The molecular weight excluding hydrogens is 292 g/mol. The summed E-state index contributed by atoms with van der Waals surface area (Å²) in [5.74, 6) is 2.65. The molecule has 4 rings (SSSR count). The Hall–Kier alpha value is -1.50. The van der Waals surface area contributed by atoms with Crippen LogP contribution in [-0.4, -0.2) is 48.1 Å². The van der Waals surface area contributed by atoms with E-state index in [9.17, 15) is 13.6 Å². The number of amides is 1. The van der Waals surface area contributed by atoms with Crippen LogP contribution in [0.3, 0.4) is 0 Å². The number of carbonyl (C=O) groups excluding carboxylic acids is 1. The van der Waals surface area contributed by atoms with E-state index in [2.05, 4.69) is 10.5 Å². The number of fused-ring (bicyclic) bond motifs is 1. The van der Waals surface area contributed by atoms with E-state index in [1.807, 2.05) is 6.92 Å². The van der Waals surface area contributed by atoms with Crippen molar-refractivity contribution in [1.29, 1.82) is 0 Å². The summed E-state index contributed by atoms with van der Waals surface area (Å²) < 4.78 is 30.1. The van der Waals surface area contributed by atoms with Crippen molar-refractivity contribution in [3.05, 3.63) is 17.5 Å². The van der Waals surface area contributed by atoms with Crippen molar-refractivity contribution >= 4 is 5.91 Å². The molecule has 0 spiro atoms. The Kier molecular flexibility index (Phi) is 3.21. The van der Waals surface area contributed by atoms with Crippen LogP contribution in [0.1, 0.15) is 35.5 Å². The molecule has 5 nitrogen and oxygen atoms in total. The second-order valence-corrected chi connectivity index (χ2v) is 6.87. The number of hydrogen-bond donors (Lipinski definition) is 1. The van der Waals surface area contributed by atoms with Crippen LogP contribution < -0.4 is 5.32 Å². The van der Waals surface area contributed by atoms with Gasteiger partial charge in [0.1, 0.15) is 5.76 Å². The van der Waals surface area contributed by atoms with Crippen molar-refractivity contribution in [3.63, 3.8) is 0 Å². The molecule has 0 radical (unpaired) electrons. The molecule has 1 aromatic rings. The quantitative estimate of drug-likeness (QED) is 0.899. The van der Waals surface area contributed by atoms with Gasteiger partial charge in [0.15, 0.2) is 5.69 Å². The maximum Gasteiger partial charge on any atom is 0.273 e. The lowest BCUT2D eigenvalue weighted by atomic mass is 10.1. The predicted octanol–water partition coefficient (Wildman–Crippen LogP) is 1.72. The largest absolute Gasteiger partial charge is 0.360 e. The van der Waals surface area contributed by atoms with Crippen LogP contribution in [0, 0.1) is 17.8 Å². The van der Waals surface area contributed by atoms with Crippen molar-refractivity contribution in [2.45, 2.75) is 31.7 Å². The van der Waals surface area contributed by atoms with E-state index in [-0.39, 0.29) is 24.4 Å². The molecule has 22 heavy (non-hydrogen) atoms. The third-order valence-corrected chi connectivity index (χ3v) is 5.16. The molecule has 1 aromatic heterocycles. The van der Waals surface area contributed by atoms with Gasteiger partial charge in [-0.2, -0.15) is 0 Å². The number of carbonyl (C=O) groups is 1. The van der Waals surface area contributed by atoms with Gasteiger partial charge in [0.05, 0.1) is 6.54 Å². The fourth-order valence-electron chi connectivity index (χ4n) is 3.60. The van der Waals surface area contributed by atoms with Gasteiger partial charge in [0.2, 0.25) is 0 Å². The van der Waals surface area contributed by atoms with E-state index < -0.39 is 6.43 Å². The minimum atomic E-state index is -2.34. The average Bonchev–Trinajstić information content (AvgIpc) is 3.25. The van der Waals surface area contributed by atoms with Crippen LogP contribution in [0.25, 0.3) is 0 Å². The van der Waals surface area contributed by atoms with Crippen LogP contribution in [0.4, 0.5) is 8.78 Å². The van der Waals surface area contributed by atoms with Gasteiger partial charge < -0.3 is 9.84 Å². The third-order valence-electron chi connectivity index (χ3n) is 5.16. The summed E-state index contributed by atoms with van der Waals surface area (Å²) in [7, 11) is 0. The van der Waals surface area contributed by atoms with Gasteiger partial charge in [-0.3, -0.25) is 9.69 Å². The summed E-state index contributed by atoms with van der Waals surface area (Å²) in [6.07, 6.45) is -1.07. The molecule has 0 aromatic carbocycles. The Morgan fingerprint density at radius 2 is 2.27 bits per heavy atom. The summed E-state index contributed by atoms with van der Waals surface area (Å²) in [6.45, 7) is 2.75. The highest BCUT2D eigenvalue weighted by Gasteiger charge is 2.66. The standard InChI is InChI=1S/C15H19F2N3O2/c1-7-4-20(6-13(16)17)5-11(7)18-15(21)10-3-12(22-19-10)14-8-2-9(8)14/h3,7-9,11,13-14H,2,4-6H2,1H3,(H,18,21)/t7-,8?,9?,11+,14?/m0/s1. The van der Waals surface area contributed by atoms with Crippen LogP contribution in [-0.2, 0) is 0 Å². The van der Waals surface area contributed by atoms with E-state index in [0.717, 1.165) is 17.6 Å². The Labute approximate surface area is 127 Å². The summed E-state index contributed by atoms with van der Waals surface area (Å²) >= 11 is 0. The highest BCUT2D eigenvalue weighted by atomic mass is 19.3. The van der Waals surface area contributed by atoms with Gasteiger partial charge in [-0.25, -0.2) is 8.78 Å². The molecule has 1 aliphatic heterocycles. The number of alkyl halides is 2. The predicted molar refractivity (Wildman–Crippen MR) is 73.7 cm³/mol. The van der Waals surface area contributed by atoms with Crippen molar-refractivity contribution in [1.82, 2.24) is 15.4 Å². The SMILES string of the molecule is C[C@H]1CN(CC(F)F)C[C@H]1NC(=O)c1cc(C2C3CC32)on1. The van der Waals surface area contributed by atoms with Crippen molar-refractivity contribution < 1.29 is 18.1 Å². The molecular formula is C15H19F2N3O2. The smallest absolute Gasteiger partial charge is 0.273 e. The van der Waals surface area contributed by atoms with Gasteiger partial charge in [0, 0.05) is 31.1 Å². The second-order valence-electron chi connectivity index (χ2n) is 6.87. The molecule has 3 fully saturated rings. The lowest BCUT2D eigenvalue weighted by molar-refractivity contribution is 0.0910. The van der Waals surface area contributed by atoms with E-state index in [1.165, 1.54) is 6.42 Å². The zero-order valence-electron chi connectivity index (χ0n) is 12.3. The molecule has 2 saturated carbocycles. The second kappa shape index (κ2) is 5.01. The monoisotopic (exact) mass is 311 g/mol. The first-order valence-corrected chi connectivity index (χ1v) is 7.81. The van der Waals surface area contributed by atoms with E-state index in [4.69, 9.17) is 4.52 Å². The molecule has 4 atom stereocenters. The fourth-order valence-corrected chi connectivity index (χ4v) is 3.60. The van der Waals surface area contributed by atoms with Crippen LogP contribution in [0.5, 0.6) is 0 Å². The van der Waals surface area contributed by atoms with E-state index >= 15 is 0 Å². The van der Waals surface area contributed by atoms with Crippen molar-refractivity contribution in [3.8, 4) is 0 Å². The number of aromatic nitrogens is 1. The molecule has 3 aliphatic rings. The number of halogens is 2. The zero-order chi connectivity index (χ0) is 15.4. The van der Waals surface area contributed by atoms with Crippen molar-refractivity contribution in [2.24, 2.45) is 17.8 Å². The minimum absolute atomic E-state index is 0.124. The Balaban J connectivity index is 1.34. The first kappa shape index (κ1) is 14.1. The maximum absolute atomic E-state index is 12.4. The molecule has 1 saturated heterocycles. The van der Waals surface area contributed by atoms with E-state index in [1.54, 1.807) is 11.0 Å². The highest BCUT2D eigenvalue weighted by Crippen LogP contribution is 2.73. The first-order chi connectivity index (χ1) is 10.5. The molecule has 2 aliphatic carbocycles. The first-order valence-electron chi connectivity index (χ1n) is 7.81. The maximum atomic E-state index is 12.4. The minimum Gasteiger partial charge on any atom is -0.360 e. The summed E-state index contributed by atoms with van der Waals surface area (Å²) in [5, 5.41) is 6.74. The van der Waals surface area contributed by atoms with Gasteiger partial charge >= 0.3 is 0 Å². The van der Waals surface area contributed by atoms with E-state index in [0.29, 0.717) is 24.7 Å². The summed E-state index contributed by atoms with van der Waals surface area (Å²) in [5.41, 5.74) is 0.292. The highest BCUT2D eigenvalue weighted by molar-refractivity contribution is 5.92. The third kappa shape index (κ3) is 2.51. The molecule has 1 N–H and O–H groups in total. The topological polar surface area (TPSA) is 58.4 Å². The summed E-state index contributed by atoms with van der Waals surface area (Å²) in [6, 6.07) is 1.60. The van der Waals surface area contributed by atoms with Gasteiger partial charge in [-0.1, -0.05) is 12.1 Å². The Bertz CT molecular complexity index is 583. The van der Waals surface area contributed by atoms with Gasteiger partial charge in [-0.05, 0) is 24.2 Å². The summed E-state index contributed by atoms with van der Waals surface area (Å²) in [4.78, 5) is 13.9. The molecule has 2 unspecified atom stereocenters. The average molecular weight is 311 g/mol.